The minimum atomic E-state index is -0.316. The summed E-state index contributed by atoms with van der Waals surface area (Å²) in [7, 11) is 1.58. The Hall–Kier alpha value is -3.68. The Labute approximate surface area is 185 Å². The second kappa shape index (κ2) is 9.64. The predicted molar refractivity (Wildman–Crippen MR) is 115 cm³/mol. The lowest BCUT2D eigenvalue weighted by Crippen LogP contribution is -2.45. The van der Waals surface area contributed by atoms with E-state index in [4.69, 9.17) is 9.26 Å². The molecular weight excluding hydrogens is 413 g/mol. The third-order valence-corrected chi connectivity index (χ3v) is 5.54. The Morgan fingerprint density at radius 3 is 2.81 bits per heavy atom. The van der Waals surface area contributed by atoms with Gasteiger partial charge in [0.25, 0.3) is 5.91 Å². The third kappa shape index (κ3) is 4.96. The fraction of sp³-hybridized carbons (Fsp3) is 0.292. The Morgan fingerprint density at radius 2 is 2.03 bits per heavy atom. The van der Waals surface area contributed by atoms with Crippen molar-refractivity contribution < 1.29 is 23.2 Å². The number of hydrogen-bond acceptors (Lipinski definition) is 5. The minimum absolute atomic E-state index is 0.121. The van der Waals surface area contributed by atoms with Gasteiger partial charge < -0.3 is 19.5 Å². The summed E-state index contributed by atoms with van der Waals surface area (Å²) in [4.78, 5) is 27.2. The van der Waals surface area contributed by atoms with Gasteiger partial charge in [-0.3, -0.25) is 9.59 Å². The number of amides is 2. The van der Waals surface area contributed by atoms with Crippen LogP contribution in [0.25, 0.3) is 11.3 Å². The second-order valence-corrected chi connectivity index (χ2v) is 7.74. The molecule has 166 valence electrons. The maximum atomic E-state index is 13.0. The van der Waals surface area contributed by atoms with Crippen LogP contribution in [0.4, 0.5) is 4.39 Å². The van der Waals surface area contributed by atoms with Crippen LogP contribution < -0.4 is 10.1 Å². The molecule has 1 saturated heterocycles. The first kappa shape index (κ1) is 21.5. The number of ether oxygens (including phenoxy) is 1. The van der Waals surface area contributed by atoms with Gasteiger partial charge in [0, 0.05) is 31.3 Å². The van der Waals surface area contributed by atoms with Gasteiger partial charge in [0.15, 0.2) is 11.5 Å². The van der Waals surface area contributed by atoms with Gasteiger partial charge in [-0.05, 0) is 42.7 Å². The number of halogens is 1. The van der Waals surface area contributed by atoms with Gasteiger partial charge in [0.2, 0.25) is 5.91 Å². The lowest BCUT2D eigenvalue weighted by molar-refractivity contribution is -0.126. The fourth-order valence-corrected chi connectivity index (χ4v) is 3.76. The van der Waals surface area contributed by atoms with Crippen LogP contribution in [0.5, 0.6) is 5.75 Å². The zero-order chi connectivity index (χ0) is 22.5. The van der Waals surface area contributed by atoms with E-state index in [1.807, 2.05) is 18.2 Å². The lowest BCUT2D eigenvalue weighted by Gasteiger charge is -2.31. The first-order chi connectivity index (χ1) is 15.5. The highest BCUT2D eigenvalue weighted by Gasteiger charge is 2.30. The second-order valence-electron chi connectivity index (χ2n) is 7.74. The van der Waals surface area contributed by atoms with E-state index in [2.05, 4.69) is 10.5 Å². The van der Waals surface area contributed by atoms with Crippen molar-refractivity contribution in [3.05, 3.63) is 71.7 Å². The summed E-state index contributed by atoms with van der Waals surface area (Å²) >= 11 is 0. The van der Waals surface area contributed by atoms with Crippen molar-refractivity contribution in [1.29, 1.82) is 0 Å². The maximum absolute atomic E-state index is 13.0. The Bertz CT molecular complexity index is 1100. The average molecular weight is 437 g/mol. The molecule has 0 spiro atoms. The normalized spacial score (nSPS) is 15.9. The van der Waals surface area contributed by atoms with Gasteiger partial charge in [-0.15, -0.1) is 0 Å². The van der Waals surface area contributed by atoms with E-state index in [1.54, 1.807) is 36.3 Å². The number of hydrogen-bond donors (Lipinski definition) is 1. The van der Waals surface area contributed by atoms with Crippen LogP contribution in [0.3, 0.4) is 0 Å². The number of piperidine rings is 1. The minimum Gasteiger partial charge on any atom is -0.497 e. The zero-order valence-electron chi connectivity index (χ0n) is 17.7. The number of nitrogens with zero attached hydrogens (tertiary/aromatic N) is 2. The van der Waals surface area contributed by atoms with E-state index in [0.29, 0.717) is 37.6 Å². The lowest BCUT2D eigenvalue weighted by atomic mass is 9.96. The van der Waals surface area contributed by atoms with Gasteiger partial charge >= 0.3 is 0 Å². The molecule has 8 heteroatoms. The number of rotatable bonds is 6. The SMILES string of the molecule is COc1cccc(-c2cc(C(=O)N3CCCC(C(=O)NCc4ccc(F)cc4)C3)no2)c1. The van der Waals surface area contributed by atoms with Crippen molar-refractivity contribution in [3.63, 3.8) is 0 Å². The van der Waals surface area contributed by atoms with E-state index < -0.39 is 0 Å². The van der Waals surface area contributed by atoms with Gasteiger partial charge in [0.1, 0.15) is 11.6 Å². The third-order valence-electron chi connectivity index (χ3n) is 5.54. The molecule has 1 N–H and O–H groups in total. The summed E-state index contributed by atoms with van der Waals surface area (Å²) in [6.07, 6.45) is 1.42. The molecule has 0 aliphatic carbocycles. The van der Waals surface area contributed by atoms with E-state index in [0.717, 1.165) is 17.5 Å². The molecule has 2 amide bonds. The first-order valence-corrected chi connectivity index (χ1v) is 10.5. The molecule has 1 aliphatic rings. The van der Waals surface area contributed by atoms with Crippen molar-refractivity contribution in [3.8, 4) is 17.1 Å². The summed E-state index contributed by atoms with van der Waals surface area (Å²) in [6.45, 7) is 1.19. The smallest absolute Gasteiger partial charge is 0.276 e. The van der Waals surface area contributed by atoms with E-state index in [9.17, 15) is 14.0 Å². The highest BCUT2D eigenvalue weighted by atomic mass is 19.1. The molecule has 4 rings (SSSR count). The number of carbonyl (C=O) groups excluding carboxylic acids is 2. The number of benzene rings is 2. The maximum Gasteiger partial charge on any atom is 0.276 e. The van der Waals surface area contributed by atoms with Crippen molar-refractivity contribution >= 4 is 11.8 Å². The largest absolute Gasteiger partial charge is 0.497 e. The van der Waals surface area contributed by atoms with Crippen molar-refractivity contribution in [2.45, 2.75) is 19.4 Å². The van der Waals surface area contributed by atoms with Crippen LogP contribution in [0.1, 0.15) is 28.9 Å². The molecule has 32 heavy (non-hydrogen) atoms. The van der Waals surface area contributed by atoms with E-state index in [1.165, 1.54) is 12.1 Å². The summed E-state index contributed by atoms with van der Waals surface area (Å²) in [5.41, 5.74) is 1.78. The first-order valence-electron chi connectivity index (χ1n) is 10.5. The van der Waals surface area contributed by atoms with Crippen molar-refractivity contribution in [2.75, 3.05) is 20.2 Å². The molecular formula is C24H24FN3O4. The fourth-order valence-electron chi connectivity index (χ4n) is 3.76. The number of aromatic nitrogens is 1. The Morgan fingerprint density at radius 1 is 1.22 bits per heavy atom. The molecule has 1 aromatic heterocycles. The van der Waals surface area contributed by atoms with Gasteiger partial charge in [-0.25, -0.2) is 4.39 Å². The average Bonchev–Trinajstić information content (AvgIpc) is 3.33. The van der Waals surface area contributed by atoms with Gasteiger partial charge in [-0.2, -0.15) is 0 Å². The number of nitrogens with one attached hydrogen (secondary N) is 1. The summed E-state index contributed by atoms with van der Waals surface area (Å²) in [5.74, 6) is 0.139. The summed E-state index contributed by atoms with van der Waals surface area (Å²) in [5, 5.41) is 6.82. The van der Waals surface area contributed by atoms with Crippen LogP contribution in [-0.4, -0.2) is 42.1 Å². The van der Waals surface area contributed by atoms with Gasteiger partial charge in [0.05, 0.1) is 13.0 Å². The van der Waals surface area contributed by atoms with Crippen LogP contribution in [0, 0.1) is 11.7 Å². The molecule has 0 bridgehead atoms. The Kier molecular flexibility index (Phi) is 6.49. The predicted octanol–water partition coefficient (Wildman–Crippen LogP) is 3.66. The molecule has 2 aromatic carbocycles. The molecule has 1 fully saturated rings. The summed E-state index contributed by atoms with van der Waals surface area (Å²) in [6, 6.07) is 14.9. The quantitative estimate of drug-likeness (QED) is 0.636. The molecule has 1 aliphatic heterocycles. The molecule has 0 radical (unpaired) electrons. The molecule has 0 saturated carbocycles. The summed E-state index contributed by atoms with van der Waals surface area (Å²) < 4.78 is 23.6. The number of likely N-dealkylation sites (tertiary alicyclic amines) is 1. The Balaban J connectivity index is 1.37. The molecule has 3 aromatic rings. The van der Waals surface area contributed by atoms with Crippen LogP contribution in [-0.2, 0) is 11.3 Å². The van der Waals surface area contributed by atoms with Gasteiger partial charge in [-0.1, -0.05) is 29.4 Å². The van der Waals surface area contributed by atoms with E-state index >= 15 is 0 Å². The topological polar surface area (TPSA) is 84.7 Å². The van der Waals surface area contributed by atoms with Crippen molar-refractivity contribution in [2.24, 2.45) is 5.92 Å². The number of carbonyl (C=O) groups is 2. The van der Waals surface area contributed by atoms with Crippen LogP contribution in [0.15, 0.2) is 59.1 Å². The van der Waals surface area contributed by atoms with Crippen molar-refractivity contribution in [1.82, 2.24) is 15.4 Å². The van der Waals surface area contributed by atoms with Crippen LogP contribution in [0.2, 0.25) is 0 Å². The van der Waals surface area contributed by atoms with Crippen LogP contribution >= 0.6 is 0 Å². The highest BCUT2D eigenvalue weighted by molar-refractivity contribution is 5.93. The highest BCUT2D eigenvalue weighted by Crippen LogP contribution is 2.26. The zero-order valence-corrected chi connectivity index (χ0v) is 17.7. The molecule has 2 heterocycles. The standard InChI is InChI=1S/C24H24FN3O4/c1-31-20-6-2-4-17(12-20)22-13-21(27-32-22)24(30)28-11-3-5-18(15-28)23(29)26-14-16-7-9-19(25)10-8-16/h2,4,6-10,12-13,18H,3,5,11,14-15H2,1H3,(H,26,29). The monoisotopic (exact) mass is 437 g/mol. The van der Waals surface area contributed by atoms with E-state index in [-0.39, 0.29) is 29.2 Å². The molecule has 1 unspecified atom stereocenters. The number of methoxy groups -OCH3 is 1. The molecule has 7 nitrogen and oxygen atoms in total. The molecule has 1 atom stereocenters.